The van der Waals surface area contributed by atoms with Gasteiger partial charge in [-0.2, -0.15) is 13.8 Å². The van der Waals surface area contributed by atoms with Crippen molar-refractivity contribution in [3.63, 3.8) is 0 Å². The van der Waals surface area contributed by atoms with Crippen molar-refractivity contribution in [2.75, 3.05) is 5.32 Å². The van der Waals surface area contributed by atoms with Gasteiger partial charge in [0.25, 0.3) is 5.91 Å². The van der Waals surface area contributed by atoms with E-state index in [9.17, 15) is 13.6 Å². The lowest BCUT2D eigenvalue weighted by atomic mass is 10.3. The lowest BCUT2D eigenvalue weighted by Crippen LogP contribution is -2.17. The molecular formula is C12H11F2N3O. The minimum absolute atomic E-state index is 0.153. The number of rotatable bonds is 2. The van der Waals surface area contributed by atoms with Gasteiger partial charge in [0, 0.05) is 12.7 Å². The van der Waals surface area contributed by atoms with E-state index < -0.39 is 17.8 Å². The largest absolute Gasteiger partial charge is 0.344 e. The van der Waals surface area contributed by atoms with E-state index in [1.165, 1.54) is 0 Å². The molecule has 0 atom stereocenters. The van der Waals surface area contributed by atoms with Crippen LogP contribution in [0.25, 0.3) is 0 Å². The number of carbonyl (C=O) groups excluding carboxylic acids is 1. The molecule has 0 aliphatic heterocycles. The highest BCUT2D eigenvalue weighted by Gasteiger charge is 2.14. The molecule has 18 heavy (non-hydrogen) atoms. The van der Waals surface area contributed by atoms with Gasteiger partial charge in [-0.1, -0.05) is 0 Å². The van der Waals surface area contributed by atoms with E-state index in [0.717, 1.165) is 17.8 Å². The van der Waals surface area contributed by atoms with Gasteiger partial charge in [-0.25, -0.2) is 0 Å². The van der Waals surface area contributed by atoms with Crippen LogP contribution in [0.5, 0.6) is 0 Å². The molecule has 0 aliphatic carbocycles. The minimum atomic E-state index is -1.05. The molecule has 0 fully saturated rings. The van der Waals surface area contributed by atoms with E-state index in [1.807, 2.05) is 6.92 Å². The van der Waals surface area contributed by atoms with Crippen molar-refractivity contribution in [1.29, 1.82) is 0 Å². The van der Waals surface area contributed by atoms with Gasteiger partial charge in [0.1, 0.15) is 5.69 Å². The lowest BCUT2D eigenvalue weighted by Gasteiger charge is -2.07. The smallest absolute Gasteiger partial charge is 0.272 e. The highest BCUT2D eigenvalue weighted by atomic mass is 19.1. The maximum absolute atomic E-state index is 13.3. The Morgan fingerprint density at radius 3 is 2.56 bits per heavy atom. The van der Waals surface area contributed by atoms with Crippen LogP contribution < -0.4 is 5.32 Å². The molecule has 6 heteroatoms. The quantitative estimate of drug-likeness (QED) is 0.832. The highest BCUT2D eigenvalue weighted by Crippen LogP contribution is 2.14. The zero-order valence-electron chi connectivity index (χ0n) is 9.87. The molecule has 0 aromatic carbocycles. The van der Waals surface area contributed by atoms with Crippen LogP contribution in [-0.2, 0) is 7.05 Å². The number of nitrogens with zero attached hydrogens (tertiary/aromatic N) is 2. The van der Waals surface area contributed by atoms with Crippen LogP contribution in [0, 0.1) is 18.8 Å². The van der Waals surface area contributed by atoms with Crippen molar-refractivity contribution < 1.29 is 13.6 Å². The Morgan fingerprint density at radius 1 is 1.28 bits per heavy atom. The molecule has 0 unspecified atom stereocenters. The van der Waals surface area contributed by atoms with Crippen molar-refractivity contribution in [3.8, 4) is 0 Å². The van der Waals surface area contributed by atoms with Crippen LogP contribution in [0.1, 0.15) is 16.2 Å². The van der Waals surface area contributed by atoms with E-state index in [2.05, 4.69) is 10.3 Å². The number of carbonyl (C=O) groups is 1. The Balaban J connectivity index is 2.24. The summed E-state index contributed by atoms with van der Waals surface area (Å²) >= 11 is 0. The van der Waals surface area contributed by atoms with Gasteiger partial charge in [0.2, 0.25) is 11.9 Å². The molecule has 2 aromatic rings. The van der Waals surface area contributed by atoms with Gasteiger partial charge < -0.3 is 9.88 Å². The lowest BCUT2D eigenvalue weighted by molar-refractivity contribution is 0.101. The molecule has 94 valence electrons. The molecular weight excluding hydrogens is 240 g/mol. The summed E-state index contributed by atoms with van der Waals surface area (Å²) in [5.41, 5.74) is 1.13. The number of hydrogen-bond donors (Lipinski definition) is 1. The third kappa shape index (κ3) is 2.22. The first-order valence-electron chi connectivity index (χ1n) is 5.25. The fourth-order valence-corrected chi connectivity index (χ4v) is 1.53. The van der Waals surface area contributed by atoms with Gasteiger partial charge in [0.15, 0.2) is 0 Å². The summed E-state index contributed by atoms with van der Waals surface area (Å²) in [4.78, 5) is 14.9. The molecule has 2 heterocycles. The molecule has 4 nitrogen and oxygen atoms in total. The summed E-state index contributed by atoms with van der Waals surface area (Å²) in [5, 5.41) is 2.34. The van der Waals surface area contributed by atoms with Gasteiger partial charge in [-0.15, -0.1) is 0 Å². The molecule has 1 N–H and O–H groups in total. The number of aromatic nitrogens is 2. The van der Waals surface area contributed by atoms with Crippen molar-refractivity contribution in [2.24, 2.45) is 7.05 Å². The predicted molar refractivity (Wildman–Crippen MR) is 62.3 cm³/mol. The van der Waals surface area contributed by atoms with Crippen LogP contribution in [0.2, 0.25) is 0 Å². The Hall–Kier alpha value is -2.24. The highest BCUT2D eigenvalue weighted by molar-refractivity contribution is 6.03. The second-order valence-corrected chi connectivity index (χ2v) is 3.85. The van der Waals surface area contributed by atoms with E-state index in [-0.39, 0.29) is 5.69 Å². The molecule has 0 spiro atoms. The van der Waals surface area contributed by atoms with E-state index in [1.54, 1.807) is 23.7 Å². The van der Waals surface area contributed by atoms with Crippen LogP contribution >= 0.6 is 0 Å². The zero-order chi connectivity index (χ0) is 13.3. The Morgan fingerprint density at radius 2 is 2.00 bits per heavy atom. The number of nitrogens with one attached hydrogen (secondary N) is 1. The van der Waals surface area contributed by atoms with Crippen molar-refractivity contribution in [2.45, 2.75) is 6.92 Å². The van der Waals surface area contributed by atoms with Crippen LogP contribution in [0.15, 0.2) is 24.3 Å². The predicted octanol–water partition coefficient (Wildman–Crippen LogP) is 2.26. The maximum atomic E-state index is 13.3. The number of hydrogen-bond acceptors (Lipinski definition) is 2. The van der Waals surface area contributed by atoms with Gasteiger partial charge in [0.05, 0.1) is 5.69 Å². The van der Waals surface area contributed by atoms with Gasteiger partial charge in [-0.3, -0.25) is 4.79 Å². The van der Waals surface area contributed by atoms with Crippen LogP contribution in [0.4, 0.5) is 14.5 Å². The van der Waals surface area contributed by atoms with Crippen molar-refractivity contribution >= 4 is 11.6 Å². The summed E-state index contributed by atoms with van der Waals surface area (Å²) in [6.45, 7) is 1.84. The van der Waals surface area contributed by atoms with Gasteiger partial charge in [-0.05, 0) is 31.2 Å². The van der Waals surface area contributed by atoms with Gasteiger partial charge >= 0.3 is 0 Å². The molecule has 0 bridgehead atoms. The van der Waals surface area contributed by atoms with Crippen LogP contribution in [0.3, 0.4) is 0 Å². The minimum Gasteiger partial charge on any atom is -0.344 e. The third-order valence-corrected chi connectivity index (χ3v) is 2.67. The fraction of sp³-hybridized carbons (Fsp3) is 0.167. The molecule has 0 radical (unpaired) electrons. The maximum Gasteiger partial charge on any atom is 0.272 e. The third-order valence-electron chi connectivity index (χ3n) is 2.67. The molecule has 0 aliphatic rings. The summed E-state index contributed by atoms with van der Waals surface area (Å²) in [6, 6.07) is 5.51. The average Bonchev–Trinajstić information content (AvgIpc) is 2.64. The van der Waals surface area contributed by atoms with E-state index in [0.29, 0.717) is 5.69 Å². The molecule has 0 saturated heterocycles. The molecule has 0 saturated carbocycles. The molecule has 2 aromatic heterocycles. The Bertz CT molecular complexity index is 607. The first kappa shape index (κ1) is 12.2. The zero-order valence-corrected chi connectivity index (χ0v) is 9.87. The monoisotopic (exact) mass is 251 g/mol. The van der Waals surface area contributed by atoms with E-state index in [4.69, 9.17) is 0 Å². The first-order chi connectivity index (χ1) is 8.49. The normalized spacial score (nSPS) is 10.4. The molecule has 2 rings (SSSR count). The summed E-state index contributed by atoms with van der Waals surface area (Å²) in [7, 11) is 1.73. The number of anilines is 1. The Labute approximate surface area is 102 Å². The Kier molecular flexibility index (Phi) is 3.10. The fourth-order valence-electron chi connectivity index (χ4n) is 1.53. The average molecular weight is 251 g/mol. The molecule has 1 amide bonds. The summed E-state index contributed by atoms with van der Waals surface area (Å²) in [5.74, 6) is -2.45. The second kappa shape index (κ2) is 4.56. The standard InChI is InChI=1S/C12H11F2N3O/c1-7-3-5-9(17(7)2)12(18)15-8-4-6-10(13)16-11(8)14/h3-6H,1-2H3,(H,15,18). The summed E-state index contributed by atoms with van der Waals surface area (Å²) in [6.07, 6.45) is 0. The first-order valence-corrected chi connectivity index (χ1v) is 5.25. The van der Waals surface area contributed by atoms with Crippen molar-refractivity contribution in [1.82, 2.24) is 9.55 Å². The summed E-state index contributed by atoms with van der Waals surface area (Å²) < 4.78 is 27.5. The second-order valence-electron chi connectivity index (χ2n) is 3.85. The number of aryl methyl sites for hydroxylation is 1. The topological polar surface area (TPSA) is 46.9 Å². The number of pyridine rings is 1. The number of halogens is 2. The van der Waals surface area contributed by atoms with Crippen LogP contribution in [-0.4, -0.2) is 15.5 Å². The van der Waals surface area contributed by atoms with Crippen molar-refractivity contribution in [3.05, 3.63) is 47.5 Å². The number of amides is 1. The van der Waals surface area contributed by atoms with E-state index >= 15 is 0 Å². The SMILES string of the molecule is Cc1ccc(C(=O)Nc2ccc(F)nc2F)n1C.